The van der Waals surface area contributed by atoms with Crippen molar-refractivity contribution in [2.45, 2.75) is 19.3 Å². The number of rotatable bonds is 4. The second-order valence-corrected chi connectivity index (χ2v) is 14.9. The molecule has 0 unspecified atom stereocenters. The summed E-state index contributed by atoms with van der Waals surface area (Å²) < 4.78 is 0. The molecule has 0 heterocycles. The molecule has 0 bridgehead atoms. The molecule has 11 rings (SSSR count). The van der Waals surface area contributed by atoms with Crippen molar-refractivity contribution in [3.05, 3.63) is 187 Å². The first kappa shape index (κ1) is 29.3. The molecule has 0 aromatic heterocycles. The molecule has 244 valence electrons. The molecule has 2 aliphatic rings. The zero-order chi connectivity index (χ0) is 34.6. The van der Waals surface area contributed by atoms with Gasteiger partial charge in [0.25, 0.3) is 0 Å². The maximum absolute atomic E-state index is 2.49. The van der Waals surface area contributed by atoms with Crippen LogP contribution in [0, 0.1) is 0 Å². The lowest BCUT2D eigenvalue weighted by molar-refractivity contribution is 0.660. The summed E-state index contributed by atoms with van der Waals surface area (Å²) in [6.45, 7) is 4.73. The minimum absolute atomic E-state index is 0.103. The van der Waals surface area contributed by atoms with Gasteiger partial charge in [-0.2, -0.15) is 0 Å². The minimum Gasteiger partial charge on any atom is -0.310 e. The molecular formula is C51H35N. The molecule has 52 heavy (non-hydrogen) atoms. The van der Waals surface area contributed by atoms with Crippen molar-refractivity contribution >= 4 is 49.4 Å². The van der Waals surface area contributed by atoms with Gasteiger partial charge in [0.15, 0.2) is 0 Å². The van der Waals surface area contributed by atoms with Gasteiger partial charge in [-0.15, -0.1) is 0 Å². The third kappa shape index (κ3) is 4.11. The molecule has 0 aliphatic heterocycles. The molecule has 0 fully saturated rings. The third-order valence-electron chi connectivity index (χ3n) is 11.8. The summed E-state index contributed by atoms with van der Waals surface area (Å²) in [5, 5.41) is 7.70. The van der Waals surface area contributed by atoms with Gasteiger partial charge in [0.05, 0.1) is 5.69 Å². The van der Waals surface area contributed by atoms with Crippen molar-refractivity contribution in [1.29, 1.82) is 0 Å². The van der Waals surface area contributed by atoms with Crippen LogP contribution in [0.4, 0.5) is 17.1 Å². The van der Waals surface area contributed by atoms with Crippen LogP contribution in [0.25, 0.3) is 76.8 Å². The van der Waals surface area contributed by atoms with Gasteiger partial charge in [-0.1, -0.05) is 153 Å². The number of nitrogens with zero attached hydrogens (tertiary/aromatic N) is 1. The van der Waals surface area contributed by atoms with E-state index in [-0.39, 0.29) is 5.41 Å². The van der Waals surface area contributed by atoms with E-state index in [1.807, 2.05) is 0 Å². The number of benzene rings is 9. The Kier molecular flexibility index (Phi) is 6.08. The van der Waals surface area contributed by atoms with E-state index in [0.717, 1.165) is 11.4 Å². The number of hydrogen-bond donors (Lipinski definition) is 0. The maximum Gasteiger partial charge on any atom is 0.0540 e. The van der Waals surface area contributed by atoms with E-state index in [9.17, 15) is 0 Å². The average molecular weight is 662 g/mol. The summed E-state index contributed by atoms with van der Waals surface area (Å²) in [6, 6.07) is 65.5. The summed E-state index contributed by atoms with van der Waals surface area (Å²) in [6.07, 6.45) is 0. The third-order valence-corrected chi connectivity index (χ3v) is 11.8. The van der Waals surface area contributed by atoms with Crippen molar-refractivity contribution < 1.29 is 0 Å². The van der Waals surface area contributed by atoms with Gasteiger partial charge in [-0.25, -0.2) is 0 Å². The van der Waals surface area contributed by atoms with E-state index in [1.165, 1.54) is 93.6 Å². The molecule has 2 aliphatic carbocycles. The average Bonchev–Trinajstić information content (AvgIpc) is 3.64. The molecule has 0 saturated carbocycles. The van der Waals surface area contributed by atoms with Gasteiger partial charge >= 0.3 is 0 Å². The molecule has 0 radical (unpaired) electrons. The number of hydrogen-bond acceptors (Lipinski definition) is 1. The summed E-state index contributed by atoms with van der Waals surface area (Å²) in [4.78, 5) is 2.49. The highest BCUT2D eigenvalue weighted by molar-refractivity contribution is 6.19. The van der Waals surface area contributed by atoms with Crippen LogP contribution in [0.2, 0.25) is 0 Å². The van der Waals surface area contributed by atoms with Crippen LogP contribution >= 0.6 is 0 Å². The fourth-order valence-electron chi connectivity index (χ4n) is 9.26. The van der Waals surface area contributed by atoms with Crippen molar-refractivity contribution in [1.82, 2.24) is 0 Å². The first-order chi connectivity index (χ1) is 25.5. The Balaban J connectivity index is 1.12. The van der Waals surface area contributed by atoms with E-state index in [0.29, 0.717) is 0 Å². The topological polar surface area (TPSA) is 3.24 Å². The predicted molar refractivity (Wildman–Crippen MR) is 221 cm³/mol. The Hall–Kier alpha value is -6.44. The van der Waals surface area contributed by atoms with Crippen LogP contribution in [0.1, 0.15) is 25.0 Å². The first-order valence-electron chi connectivity index (χ1n) is 18.3. The van der Waals surface area contributed by atoms with Gasteiger partial charge < -0.3 is 4.90 Å². The standard InChI is InChI=1S/C51H35N/c1-51(2)47-20-8-7-17-42(47)43-26-24-37(31-48(43)51)52(49-28-27-45-41-16-6-5-15-40(41)44-18-10-19-46(49)50(44)45)36-13-9-12-33(30-36)34-23-25-39-35(29-34)22-21-32-11-3-4-14-38(32)39/h3-31H,1-2H3. The van der Waals surface area contributed by atoms with Crippen molar-refractivity contribution in [2.24, 2.45) is 0 Å². The Labute approximate surface area is 304 Å². The molecule has 0 spiro atoms. The highest BCUT2D eigenvalue weighted by atomic mass is 15.1. The number of fused-ring (bicyclic) bond motifs is 9. The van der Waals surface area contributed by atoms with Crippen molar-refractivity contribution in [3.63, 3.8) is 0 Å². The van der Waals surface area contributed by atoms with E-state index in [4.69, 9.17) is 0 Å². The number of anilines is 3. The molecule has 0 atom stereocenters. The summed E-state index contributed by atoms with van der Waals surface area (Å²) in [5.74, 6) is 0. The van der Waals surface area contributed by atoms with Gasteiger partial charge in [-0.05, 0) is 119 Å². The first-order valence-corrected chi connectivity index (χ1v) is 18.3. The van der Waals surface area contributed by atoms with Gasteiger partial charge in [0.2, 0.25) is 0 Å². The molecule has 0 amide bonds. The zero-order valence-electron chi connectivity index (χ0n) is 29.2. The van der Waals surface area contributed by atoms with E-state index < -0.39 is 0 Å². The highest BCUT2D eigenvalue weighted by Gasteiger charge is 2.36. The van der Waals surface area contributed by atoms with Crippen LogP contribution in [0.5, 0.6) is 0 Å². The molecule has 1 nitrogen and oxygen atoms in total. The Morgan fingerprint density at radius 2 is 0.981 bits per heavy atom. The van der Waals surface area contributed by atoms with Crippen LogP contribution in [0.15, 0.2) is 176 Å². The predicted octanol–water partition coefficient (Wildman–Crippen LogP) is 14.2. The van der Waals surface area contributed by atoms with Crippen LogP contribution in [-0.4, -0.2) is 0 Å². The summed E-state index contributed by atoms with van der Waals surface area (Å²) in [5.41, 5.74) is 16.5. The van der Waals surface area contributed by atoms with Crippen LogP contribution < -0.4 is 4.90 Å². The smallest absolute Gasteiger partial charge is 0.0540 e. The monoisotopic (exact) mass is 661 g/mol. The molecule has 0 saturated heterocycles. The van der Waals surface area contributed by atoms with Gasteiger partial charge in [0.1, 0.15) is 0 Å². The normalized spacial score (nSPS) is 13.3. The summed E-state index contributed by atoms with van der Waals surface area (Å²) >= 11 is 0. The highest BCUT2D eigenvalue weighted by Crippen LogP contribution is 2.53. The lowest BCUT2D eigenvalue weighted by Gasteiger charge is -2.29. The second kappa shape index (κ2) is 10.8. The Morgan fingerprint density at radius 1 is 0.365 bits per heavy atom. The molecule has 9 aromatic rings. The fourth-order valence-corrected chi connectivity index (χ4v) is 9.26. The van der Waals surface area contributed by atoms with Crippen LogP contribution in [-0.2, 0) is 5.41 Å². The largest absolute Gasteiger partial charge is 0.310 e. The van der Waals surface area contributed by atoms with E-state index in [1.54, 1.807) is 0 Å². The zero-order valence-corrected chi connectivity index (χ0v) is 29.2. The van der Waals surface area contributed by atoms with E-state index in [2.05, 4.69) is 195 Å². The minimum atomic E-state index is -0.103. The van der Waals surface area contributed by atoms with Gasteiger partial charge in [-0.3, -0.25) is 0 Å². The Bertz CT molecular complexity index is 2920. The second-order valence-electron chi connectivity index (χ2n) is 14.9. The van der Waals surface area contributed by atoms with Crippen molar-refractivity contribution in [2.75, 3.05) is 4.90 Å². The molecule has 9 aromatic carbocycles. The Morgan fingerprint density at radius 3 is 1.87 bits per heavy atom. The SMILES string of the molecule is CC1(C)c2ccccc2-c2ccc(N(c3cccc(-c4ccc5c(ccc6ccccc65)c4)c3)c3ccc4c5c(cccc35)-c3ccccc3-4)cc21. The molecule has 1 heteroatoms. The van der Waals surface area contributed by atoms with E-state index >= 15 is 0 Å². The molecule has 0 N–H and O–H groups in total. The lowest BCUT2D eigenvalue weighted by Crippen LogP contribution is -2.16. The quantitative estimate of drug-likeness (QED) is 0.170. The summed E-state index contributed by atoms with van der Waals surface area (Å²) in [7, 11) is 0. The van der Waals surface area contributed by atoms with Gasteiger partial charge in [0, 0.05) is 22.2 Å². The fraction of sp³-hybridized carbons (Fsp3) is 0.0588. The maximum atomic E-state index is 2.49. The van der Waals surface area contributed by atoms with Crippen molar-refractivity contribution in [3.8, 4) is 44.5 Å². The van der Waals surface area contributed by atoms with Crippen LogP contribution in [0.3, 0.4) is 0 Å². The molecular weight excluding hydrogens is 627 g/mol. The lowest BCUT2D eigenvalue weighted by atomic mass is 9.82.